The van der Waals surface area contributed by atoms with Crippen molar-refractivity contribution < 1.29 is 17.6 Å². The van der Waals surface area contributed by atoms with Crippen LogP contribution in [0.15, 0.2) is 21.5 Å². The maximum Gasteiger partial charge on any atom is 0.243 e. The van der Waals surface area contributed by atoms with E-state index in [-0.39, 0.29) is 21.0 Å². The summed E-state index contributed by atoms with van der Waals surface area (Å²) in [6, 6.07) is 1.01. The summed E-state index contributed by atoms with van der Waals surface area (Å²) in [5, 5.41) is 0. The van der Waals surface area contributed by atoms with Gasteiger partial charge < -0.3 is 10.6 Å². The van der Waals surface area contributed by atoms with Crippen molar-refractivity contribution in [2.75, 3.05) is 19.3 Å². The zero-order valence-corrected chi connectivity index (χ0v) is 14.3. The maximum atomic E-state index is 13.3. The van der Waals surface area contributed by atoms with Gasteiger partial charge in [-0.3, -0.25) is 4.79 Å². The normalized spacial score (nSPS) is 13.0. The molecule has 0 radical (unpaired) electrons. The van der Waals surface area contributed by atoms with Crippen molar-refractivity contribution >= 4 is 37.5 Å². The molecule has 0 bridgehead atoms. The maximum absolute atomic E-state index is 13.3. The number of sulfonamides is 1. The fourth-order valence-corrected chi connectivity index (χ4v) is 3.44. The van der Waals surface area contributed by atoms with Gasteiger partial charge in [0.15, 0.2) is 0 Å². The summed E-state index contributed by atoms with van der Waals surface area (Å²) in [7, 11) is -2.47. The first kappa shape index (κ1) is 17.9. The number of anilines is 1. The second-order valence-electron chi connectivity index (χ2n) is 4.50. The fourth-order valence-electron chi connectivity index (χ4n) is 1.61. The standard InChI is InChI=1S/C12H17BrFN3O3S/c1-4-17(3)12(18)7(2)16-21(19,20)11-5-8(13)9(14)6-10(11)15/h5-7,16H,4,15H2,1-3H3. The van der Waals surface area contributed by atoms with Crippen molar-refractivity contribution in [3.63, 3.8) is 0 Å². The molecule has 0 aromatic heterocycles. The number of halogens is 2. The average Bonchev–Trinajstić information content (AvgIpc) is 2.40. The molecule has 3 N–H and O–H groups in total. The molecule has 0 saturated heterocycles. The molecule has 1 amide bonds. The van der Waals surface area contributed by atoms with E-state index in [1.165, 1.54) is 11.8 Å². The molecule has 0 heterocycles. The number of nitrogens with two attached hydrogens (primary N) is 1. The largest absolute Gasteiger partial charge is 0.398 e. The van der Waals surface area contributed by atoms with Crippen LogP contribution in [0.5, 0.6) is 0 Å². The summed E-state index contributed by atoms with van der Waals surface area (Å²) in [4.78, 5) is 13.0. The molecular formula is C12H17BrFN3O3S. The minimum absolute atomic E-state index is 0.0262. The molecular weight excluding hydrogens is 365 g/mol. The Morgan fingerprint density at radius 3 is 2.62 bits per heavy atom. The van der Waals surface area contributed by atoms with E-state index in [9.17, 15) is 17.6 Å². The van der Waals surface area contributed by atoms with Crippen LogP contribution in [0.25, 0.3) is 0 Å². The summed E-state index contributed by atoms with van der Waals surface area (Å²) >= 11 is 2.90. The third-order valence-corrected chi connectivity index (χ3v) is 5.10. The lowest BCUT2D eigenvalue weighted by molar-refractivity contribution is -0.131. The van der Waals surface area contributed by atoms with E-state index in [0.29, 0.717) is 6.54 Å². The zero-order valence-electron chi connectivity index (χ0n) is 11.9. The Bertz CT molecular complexity index is 651. The van der Waals surface area contributed by atoms with E-state index in [2.05, 4.69) is 20.7 Å². The second kappa shape index (κ2) is 6.71. The summed E-state index contributed by atoms with van der Waals surface area (Å²) in [6.07, 6.45) is 0. The van der Waals surface area contributed by atoms with E-state index in [1.807, 2.05) is 0 Å². The van der Waals surface area contributed by atoms with Gasteiger partial charge in [-0.2, -0.15) is 4.72 Å². The van der Waals surface area contributed by atoms with Gasteiger partial charge in [-0.05, 0) is 41.9 Å². The SMILES string of the molecule is CCN(C)C(=O)C(C)NS(=O)(=O)c1cc(Br)c(F)cc1N. The van der Waals surface area contributed by atoms with Crippen LogP contribution in [0.3, 0.4) is 0 Å². The molecule has 0 aliphatic rings. The molecule has 0 spiro atoms. The predicted octanol–water partition coefficient (Wildman–Crippen LogP) is 1.32. The third kappa shape index (κ3) is 4.14. The molecule has 118 valence electrons. The Morgan fingerprint density at radius 2 is 2.10 bits per heavy atom. The number of nitrogens with zero attached hydrogens (tertiary/aromatic N) is 1. The highest BCUT2D eigenvalue weighted by atomic mass is 79.9. The molecule has 0 fully saturated rings. The van der Waals surface area contributed by atoms with Gasteiger partial charge in [0, 0.05) is 13.6 Å². The fraction of sp³-hybridized carbons (Fsp3) is 0.417. The molecule has 1 atom stereocenters. The zero-order chi connectivity index (χ0) is 16.4. The van der Waals surface area contributed by atoms with Gasteiger partial charge in [-0.15, -0.1) is 0 Å². The number of carbonyl (C=O) groups is 1. The first-order valence-corrected chi connectivity index (χ1v) is 8.39. The lowest BCUT2D eigenvalue weighted by atomic mass is 10.3. The lowest BCUT2D eigenvalue weighted by Crippen LogP contribution is -2.45. The van der Waals surface area contributed by atoms with Crippen molar-refractivity contribution in [3.05, 3.63) is 22.4 Å². The van der Waals surface area contributed by atoms with Crippen molar-refractivity contribution in [1.29, 1.82) is 0 Å². The third-order valence-electron chi connectivity index (χ3n) is 2.90. The van der Waals surface area contributed by atoms with Crippen molar-refractivity contribution in [2.24, 2.45) is 0 Å². The predicted molar refractivity (Wildman–Crippen MR) is 81.6 cm³/mol. The minimum Gasteiger partial charge on any atom is -0.398 e. The number of amides is 1. The Kier molecular flexibility index (Phi) is 5.71. The number of rotatable bonds is 5. The molecule has 1 rings (SSSR count). The molecule has 9 heteroatoms. The lowest BCUT2D eigenvalue weighted by Gasteiger charge is -2.21. The van der Waals surface area contributed by atoms with E-state index in [0.717, 1.165) is 12.1 Å². The molecule has 6 nitrogen and oxygen atoms in total. The molecule has 1 aromatic carbocycles. The quantitative estimate of drug-likeness (QED) is 0.752. The second-order valence-corrected chi connectivity index (χ2v) is 7.04. The Hall–Kier alpha value is -1.19. The Balaban J connectivity index is 3.08. The number of nitrogen functional groups attached to an aromatic ring is 1. The Labute approximate surface area is 131 Å². The molecule has 1 unspecified atom stereocenters. The number of nitrogens with one attached hydrogen (secondary N) is 1. The van der Waals surface area contributed by atoms with Gasteiger partial charge in [-0.25, -0.2) is 12.8 Å². The first-order valence-electron chi connectivity index (χ1n) is 6.12. The van der Waals surface area contributed by atoms with Gasteiger partial charge in [0.05, 0.1) is 16.2 Å². The smallest absolute Gasteiger partial charge is 0.243 e. The minimum atomic E-state index is -4.04. The van der Waals surface area contributed by atoms with E-state index < -0.39 is 21.9 Å². The van der Waals surface area contributed by atoms with Crippen LogP contribution in [0.4, 0.5) is 10.1 Å². The molecule has 0 saturated carbocycles. The number of carbonyl (C=O) groups excluding carboxylic acids is 1. The van der Waals surface area contributed by atoms with E-state index >= 15 is 0 Å². The summed E-state index contributed by atoms with van der Waals surface area (Å²) in [5.74, 6) is -1.04. The van der Waals surface area contributed by atoms with Crippen molar-refractivity contribution in [2.45, 2.75) is 24.8 Å². The van der Waals surface area contributed by atoms with Crippen LogP contribution in [0, 0.1) is 5.82 Å². The van der Waals surface area contributed by atoms with Gasteiger partial charge in [0.25, 0.3) is 0 Å². The highest BCUT2D eigenvalue weighted by molar-refractivity contribution is 9.10. The first-order chi connectivity index (χ1) is 9.60. The van der Waals surface area contributed by atoms with Crippen LogP contribution in [0.2, 0.25) is 0 Å². The van der Waals surface area contributed by atoms with Crippen LogP contribution >= 0.6 is 15.9 Å². The van der Waals surface area contributed by atoms with Crippen molar-refractivity contribution in [1.82, 2.24) is 9.62 Å². The number of likely N-dealkylation sites (N-methyl/N-ethyl adjacent to an activating group) is 1. The van der Waals surface area contributed by atoms with Crippen LogP contribution < -0.4 is 10.5 Å². The molecule has 1 aromatic rings. The van der Waals surface area contributed by atoms with E-state index in [4.69, 9.17) is 5.73 Å². The average molecular weight is 382 g/mol. The summed E-state index contributed by atoms with van der Waals surface area (Å²) in [5.41, 5.74) is 5.31. The summed E-state index contributed by atoms with van der Waals surface area (Å²) < 4.78 is 40.0. The molecule has 21 heavy (non-hydrogen) atoms. The van der Waals surface area contributed by atoms with Crippen LogP contribution in [-0.2, 0) is 14.8 Å². The number of benzene rings is 1. The Morgan fingerprint density at radius 1 is 1.52 bits per heavy atom. The molecule has 0 aliphatic heterocycles. The van der Waals surface area contributed by atoms with Crippen LogP contribution in [0.1, 0.15) is 13.8 Å². The summed E-state index contributed by atoms with van der Waals surface area (Å²) in [6.45, 7) is 3.66. The highest BCUT2D eigenvalue weighted by Gasteiger charge is 2.26. The monoisotopic (exact) mass is 381 g/mol. The molecule has 0 aliphatic carbocycles. The van der Waals surface area contributed by atoms with Gasteiger partial charge >= 0.3 is 0 Å². The van der Waals surface area contributed by atoms with E-state index in [1.54, 1.807) is 14.0 Å². The van der Waals surface area contributed by atoms with Gasteiger partial charge in [-0.1, -0.05) is 0 Å². The number of hydrogen-bond donors (Lipinski definition) is 2. The highest BCUT2D eigenvalue weighted by Crippen LogP contribution is 2.26. The van der Waals surface area contributed by atoms with Crippen molar-refractivity contribution in [3.8, 4) is 0 Å². The van der Waals surface area contributed by atoms with Gasteiger partial charge in [0.1, 0.15) is 10.7 Å². The van der Waals surface area contributed by atoms with Gasteiger partial charge in [0.2, 0.25) is 15.9 Å². The number of hydrogen-bond acceptors (Lipinski definition) is 4. The van der Waals surface area contributed by atoms with Crippen LogP contribution in [-0.4, -0.2) is 38.9 Å². The topological polar surface area (TPSA) is 92.5 Å².